The Hall–Kier alpha value is -0.960. The standard InChI is InChI=1S/C8H16NO2.H2O4S/c1-6-8(10)11-7(2)9(3,4)5;1-5(2,3)4/h6-7H,1H2,2-5H3;(H2,1,2,3,4)/q+1;/p-1. The van der Waals surface area contributed by atoms with Gasteiger partial charge in [0.25, 0.3) is 0 Å². The Balaban J connectivity index is 0. The van der Waals surface area contributed by atoms with Gasteiger partial charge in [-0.2, -0.15) is 0 Å². The van der Waals surface area contributed by atoms with E-state index < -0.39 is 10.4 Å². The maximum absolute atomic E-state index is 10.7. The molecule has 0 fully saturated rings. The maximum Gasteiger partial charge on any atom is 0.334 e. The number of rotatable bonds is 3. The molecule has 0 aromatic carbocycles. The molecule has 1 N–H and O–H groups in total. The van der Waals surface area contributed by atoms with E-state index in [0.717, 1.165) is 0 Å². The molecule has 0 saturated heterocycles. The second-order valence-electron chi connectivity index (χ2n) is 3.78. The second kappa shape index (κ2) is 6.59. The molecule has 16 heavy (non-hydrogen) atoms. The van der Waals surface area contributed by atoms with Crippen molar-refractivity contribution < 1.29 is 31.5 Å². The quantitative estimate of drug-likeness (QED) is 0.187. The van der Waals surface area contributed by atoms with E-state index in [-0.39, 0.29) is 12.2 Å². The number of hydrogen-bond donors (Lipinski definition) is 1. The molecule has 0 rings (SSSR count). The van der Waals surface area contributed by atoms with Gasteiger partial charge in [-0.1, -0.05) is 6.58 Å². The maximum atomic E-state index is 10.7. The van der Waals surface area contributed by atoms with Crippen molar-refractivity contribution in [1.82, 2.24) is 0 Å². The minimum absolute atomic E-state index is 0.138. The number of carbonyl (C=O) groups excluding carboxylic acids is 1. The van der Waals surface area contributed by atoms with Crippen LogP contribution in [0.4, 0.5) is 0 Å². The Labute approximate surface area is 95.5 Å². The minimum Gasteiger partial charge on any atom is -0.726 e. The first-order valence-electron chi connectivity index (χ1n) is 4.20. The molecule has 0 bridgehead atoms. The largest absolute Gasteiger partial charge is 0.726 e. The van der Waals surface area contributed by atoms with Crippen molar-refractivity contribution in [3.8, 4) is 0 Å². The second-order valence-corrected chi connectivity index (χ2v) is 4.64. The van der Waals surface area contributed by atoms with E-state index in [1.165, 1.54) is 6.08 Å². The monoisotopic (exact) mass is 255 g/mol. The molecule has 0 saturated carbocycles. The molecule has 0 heterocycles. The van der Waals surface area contributed by atoms with Gasteiger partial charge < -0.3 is 9.29 Å². The van der Waals surface area contributed by atoms with Crippen molar-refractivity contribution in [1.29, 1.82) is 0 Å². The van der Waals surface area contributed by atoms with Gasteiger partial charge in [0.1, 0.15) is 0 Å². The average Bonchev–Trinajstić information content (AvgIpc) is 1.99. The lowest BCUT2D eigenvalue weighted by molar-refractivity contribution is -0.914. The zero-order chi connectivity index (χ0) is 13.6. The van der Waals surface area contributed by atoms with Crippen molar-refractivity contribution >= 4 is 16.4 Å². The Kier molecular flexibility index (Phi) is 7.18. The fraction of sp³-hybridized carbons (Fsp3) is 0.625. The predicted octanol–water partition coefficient (Wildman–Crippen LogP) is -0.228. The van der Waals surface area contributed by atoms with Crippen LogP contribution in [0.2, 0.25) is 0 Å². The smallest absolute Gasteiger partial charge is 0.334 e. The van der Waals surface area contributed by atoms with E-state index in [1.807, 2.05) is 28.1 Å². The van der Waals surface area contributed by atoms with Crippen LogP contribution in [-0.2, 0) is 19.9 Å². The molecule has 0 aliphatic heterocycles. The highest BCUT2D eigenvalue weighted by Crippen LogP contribution is 2.03. The summed E-state index contributed by atoms with van der Waals surface area (Å²) in [4.78, 5) is 10.7. The highest BCUT2D eigenvalue weighted by atomic mass is 32.3. The highest BCUT2D eigenvalue weighted by Gasteiger charge is 2.20. The molecule has 0 spiro atoms. The van der Waals surface area contributed by atoms with Crippen molar-refractivity contribution in [3.05, 3.63) is 12.7 Å². The molecular weight excluding hydrogens is 238 g/mol. The summed E-state index contributed by atoms with van der Waals surface area (Å²) in [5.74, 6) is -0.370. The van der Waals surface area contributed by atoms with Gasteiger partial charge in [0.15, 0.2) is 0 Å². The summed E-state index contributed by atoms with van der Waals surface area (Å²) in [5.41, 5.74) is 0. The Morgan fingerprint density at radius 2 is 1.81 bits per heavy atom. The lowest BCUT2D eigenvalue weighted by atomic mass is 10.5. The minimum atomic E-state index is -4.92. The van der Waals surface area contributed by atoms with Crippen LogP contribution in [0.5, 0.6) is 0 Å². The van der Waals surface area contributed by atoms with E-state index in [9.17, 15) is 4.79 Å². The first-order valence-corrected chi connectivity index (χ1v) is 5.57. The first kappa shape index (κ1) is 17.4. The van der Waals surface area contributed by atoms with Crippen LogP contribution in [-0.4, -0.2) is 55.3 Å². The molecular formula is C8H17NO6S. The van der Waals surface area contributed by atoms with Gasteiger partial charge in [-0.25, -0.2) is 13.2 Å². The molecule has 0 radical (unpaired) electrons. The number of nitrogens with zero attached hydrogens (tertiary/aromatic N) is 1. The summed E-state index contributed by atoms with van der Waals surface area (Å²) < 4.78 is 38.4. The fourth-order valence-electron chi connectivity index (χ4n) is 0.374. The molecule has 0 aromatic heterocycles. The van der Waals surface area contributed by atoms with E-state index in [4.69, 9.17) is 22.3 Å². The summed E-state index contributed by atoms with van der Waals surface area (Å²) in [7, 11) is 0.961. The van der Waals surface area contributed by atoms with Crippen LogP contribution in [0.1, 0.15) is 6.92 Å². The molecule has 7 nitrogen and oxygen atoms in total. The normalized spacial score (nSPS) is 13.1. The van der Waals surface area contributed by atoms with Crippen molar-refractivity contribution in [3.63, 3.8) is 0 Å². The van der Waals surface area contributed by atoms with Gasteiger partial charge in [0.05, 0.1) is 21.1 Å². The zero-order valence-electron chi connectivity index (χ0n) is 9.71. The van der Waals surface area contributed by atoms with Gasteiger partial charge in [-0.05, 0) is 0 Å². The highest BCUT2D eigenvalue weighted by molar-refractivity contribution is 7.79. The third-order valence-electron chi connectivity index (χ3n) is 1.54. The third kappa shape index (κ3) is 15.5. The average molecular weight is 255 g/mol. The predicted molar refractivity (Wildman–Crippen MR) is 56.1 cm³/mol. The van der Waals surface area contributed by atoms with Crippen LogP contribution < -0.4 is 0 Å². The van der Waals surface area contributed by atoms with Gasteiger partial charge >= 0.3 is 5.97 Å². The topological polar surface area (TPSA) is 104 Å². The van der Waals surface area contributed by atoms with E-state index in [0.29, 0.717) is 4.48 Å². The number of hydrogen-bond acceptors (Lipinski definition) is 5. The van der Waals surface area contributed by atoms with Gasteiger partial charge in [-0.15, -0.1) is 0 Å². The van der Waals surface area contributed by atoms with E-state index in [2.05, 4.69) is 6.58 Å². The molecule has 96 valence electrons. The van der Waals surface area contributed by atoms with Crippen molar-refractivity contribution in [2.45, 2.75) is 13.2 Å². The summed E-state index contributed by atoms with van der Waals surface area (Å²) in [6, 6.07) is 0. The molecule has 0 aromatic rings. The van der Waals surface area contributed by atoms with Crippen LogP contribution >= 0.6 is 0 Å². The summed E-state index contributed by atoms with van der Waals surface area (Å²) >= 11 is 0. The van der Waals surface area contributed by atoms with Crippen LogP contribution in [0.3, 0.4) is 0 Å². The van der Waals surface area contributed by atoms with Crippen molar-refractivity contribution in [2.75, 3.05) is 21.1 Å². The molecule has 8 heteroatoms. The zero-order valence-corrected chi connectivity index (χ0v) is 10.5. The van der Waals surface area contributed by atoms with Gasteiger partial charge in [0.2, 0.25) is 16.6 Å². The molecule has 0 aliphatic carbocycles. The Morgan fingerprint density at radius 3 is 2.00 bits per heavy atom. The van der Waals surface area contributed by atoms with Crippen LogP contribution in [0, 0.1) is 0 Å². The third-order valence-corrected chi connectivity index (χ3v) is 1.54. The van der Waals surface area contributed by atoms with Crippen molar-refractivity contribution in [2.24, 2.45) is 0 Å². The fourth-order valence-corrected chi connectivity index (χ4v) is 0.374. The summed E-state index contributed by atoms with van der Waals surface area (Å²) in [6.07, 6.45) is 1.03. The van der Waals surface area contributed by atoms with Gasteiger partial charge in [-0.3, -0.25) is 9.04 Å². The number of quaternary nitrogens is 1. The molecule has 1 atom stereocenters. The lowest BCUT2D eigenvalue weighted by Gasteiger charge is -2.29. The Morgan fingerprint density at radius 1 is 1.50 bits per heavy atom. The summed E-state index contributed by atoms with van der Waals surface area (Å²) in [6.45, 7) is 5.16. The van der Waals surface area contributed by atoms with Gasteiger partial charge in [0, 0.05) is 13.0 Å². The lowest BCUT2D eigenvalue weighted by Crippen LogP contribution is -2.45. The van der Waals surface area contributed by atoms with Crippen LogP contribution in [0.15, 0.2) is 12.7 Å². The molecule has 0 amide bonds. The van der Waals surface area contributed by atoms with Crippen LogP contribution in [0.25, 0.3) is 0 Å². The molecule has 0 aliphatic rings. The number of esters is 1. The van der Waals surface area contributed by atoms with E-state index >= 15 is 0 Å². The SMILES string of the molecule is C=CC(=O)OC(C)[N+](C)(C)C.O=S(=O)([O-])O. The first-order chi connectivity index (χ1) is 6.88. The Bertz CT molecular complexity index is 321. The van der Waals surface area contributed by atoms with E-state index in [1.54, 1.807) is 0 Å². The summed E-state index contributed by atoms with van der Waals surface area (Å²) in [5, 5.41) is 0. The number of ether oxygens (including phenoxy) is 1. The molecule has 1 unspecified atom stereocenters. The number of carbonyl (C=O) groups is 1.